The number of aryl methyl sites for hydroxylation is 3. The fourth-order valence-corrected chi connectivity index (χ4v) is 13.1. The Morgan fingerprint density at radius 1 is 0.309 bits per heavy atom. The van der Waals surface area contributed by atoms with Gasteiger partial charge in [-0.1, -0.05) is 217 Å². The third-order valence-corrected chi connectivity index (χ3v) is 18.6. The van der Waals surface area contributed by atoms with Gasteiger partial charge in [0.15, 0.2) is 0 Å². The zero-order valence-corrected chi connectivity index (χ0v) is 59.1. The number of allylic oxidation sites excluding steroid dienone is 6. The third-order valence-electron chi connectivity index (χ3n) is 18.6. The van der Waals surface area contributed by atoms with E-state index in [2.05, 4.69) is 391 Å². The summed E-state index contributed by atoms with van der Waals surface area (Å²) in [7, 11) is 0. The summed E-state index contributed by atoms with van der Waals surface area (Å²) in [5, 5.41) is 0. The van der Waals surface area contributed by atoms with Crippen LogP contribution in [0.15, 0.2) is 261 Å². The molecule has 97 heavy (non-hydrogen) atoms. The van der Waals surface area contributed by atoms with E-state index in [0.29, 0.717) is 0 Å². The first-order valence-electron chi connectivity index (χ1n) is 35.3. The summed E-state index contributed by atoms with van der Waals surface area (Å²) in [4.78, 5) is 12.0. The fraction of sp³-hybridized carbons (Fsp3) is 0.217. The van der Waals surface area contributed by atoms with Crippen LogP contribution in [0.25, 0.3) is 47.6 Å². The zero-order valence-electron chi connectivity index (χ0n) is 59.1. The van der Waals surface area contributed by atoms with E-state index in [0.717, 1.165) is 69.2 Å². The molecule has 0 saturated heterocycles. The van der Waals surface area contributed by atoms with Crippen LogP contribution in [0, 0.1) is 13.8 Å². The molecular weight excluding hydrogens is 1180 g/mol. The quantitative estimate of drug-likeness (QED) is 0.0417. The molecule has 0 radical (unpaired) electrons. The van der Waals surface area contributed by atoms with Crippen molar-refractivity contribution in [3.8, 4) is 0 Å². The number of rotatable bonds is 25. The number of hydrogen-bond donors (Lipinski definition) is 0. The standard InChI is InChI=1S/C52H59N3.C40H40N2/c1-7-53(8-2)50-29-15-13-26-47(50)40(5)20-17-22-42-32-36-45(37-33-42)55(52-31-19-25-44-24-11-12-28-49(44)52)46-38-34-43(35-39-46)23-18-21-41(6)48-27-14-16-30-51(48)54(9-3)10-4;1-5-41(6-2)40-12-8-11-36(30-40)18-16-34-21-27-39(28-22-34)42(37-23-13-31(3)14-24-37)38-25-19-33(20-26-38)15-17-35-10-7-9-32(4)29-35/h13-23,25-27,29-39H,7-12,24,28H2,1-6H3;7-30H,5-6H2,1-4H3. The van der Waals surface area contributed by atoms with Gasteiger partial charge in [0.1, 0.15) is 0 Å². The SMILES string of the molecule is CCN(CC)c1cccc(C=Cc2ccc(N(c3ccc(C)cc3)c3ccc(C=Cc4cccc(C)c4)cc3)cc2)c1.CCN(CC)c1ccccc1C(C)=CC=Cc1ccc(N(c2ccc(C=CC=C(C)c3ccccc3N(CC)CC)cc2)c2cccc3c2CCCC3)cc1. The van der Waals surface area contributed by atoms with Crippen molar-refractivity contribution in [3.05, 3.63) is 328 Å². The lowest BCUT2D eigenvalue weighted by Crippen LogP contribution is -2.22. The van der Waals surface area contributed by atoms with Gasteiger partial charge in [-0.25, -0.2) is 0 Å². The molecular formula is C92H99N5. The monoisotopic (exact) mass is 1270 g/mol. The van der Waals surface area contributed by atoms with E-state index in [1.807, 2.05) is 0 Å². The largest absolute Gasteiger partial charge is 0.372 e. The Labute approximate surface area is 581 Å². The highest BCUT2D eigenvalue weighted by molar-refractivity contribution is 5.84. The van der Waals surface area contributed by atoms with Gasteiger partial charge in [-0.2, -0.15) is 0 Å². The Morgan fingerprint density at radius 2 is 0.691 bits per heavy atom. The predicted octanol–water partition coefficient (Wildman–Crippen LogP) is 24.9. The highest BCUT2D eigenvalue weighted by Gasteiger charge is 2.21. The smallest absolute Gasteiger partial charge is 0.0496 e. The lowest BCUT2D eigenvalue weighted by atomic mass is 9.90. The van der Waals surface area contributed by atoms with Crippen LogP contribution in [0.1, 0.15) is 135 Å². The molecule has 0 bridgehead atoms. The minimum atomic E-state index is 0.998. The highest BCUT2D eigenvalue weighted by atomic mass is 15.2. The normalized spacial score (nSPS) is 12.5. The summed E-state index contributed by atoms with van der Waals surface area (Å²) in [6, 6.07) is 86.0. The van der Waals surface area contributed by atoms with E-state index < -0.39 is 0 Å². The Bertz CT molecular complexity index is 4200. The Balaban J connectivity index is 0.000000218. The van der Waals surface area contributed by atoms with Crippen LogP contribution in [0.5, 0.6) is 0 Å². The second-order valence-corrected chi connectivity index (χ2v) is 25.1. The maximum Gasteiger partial charge on any atom is 0.0496 e. The molecule has 0 unspecified atom stereocenters. The number of hydrogen-bond acceptors (Lipinski definition) is 5. The zero-order chi connectivity index (χ0) is 67.9. The van der Waals surface area contributed by atoms with Gasteiger partial charge in [-0.05, 0) is 242 Å². The van der Waals surface area contributed by atoms with E-state index in [9.17, 15) is 0 Å². The summed E-state index contributed by atoms with van der Waals surface area (Å²) in [5.41, 5.74) is 28.6. The number of para-hydroxylation sites is 2. The molecule has 0 spiro atoms. The summed E-state index contributed by atoms with van der Waals surface area (Å²) < 4.78 is 0. The van der Waals surface area contributed by atoms with Crippen molar-refractivity contribution in [1.82, 2.24) is 0 Å². The molecule has 0 amide bonds. The van der Waals surface area contributed by atoms with Crippen molar-refractivity contribution in [2.75, 3.05) is 63.8 Å². The van der Waals surface area contributed by atoms with Crippen molar-refractivity contribution < 1.29 is 0 Å². The van der Waals surface area contributed by atoms with Gasteiger partial charge in [0.2, 0.25) is 0 Å². The first kappa shape index (κ1) is 69.5. The lowest BCUT2D eigenvalue weighted by molar-refractivity contribution is 0.686. The molecule has 0 atom stereocenters. The van der Waals surface area contributed by atoms with E-state index >= 15 is 0 Å². The van der Waals surface area contributed by atoms with Crippen LogP contribution >= 0.6 is 0 Å². The average molecular weight is 1270 g/mol. The van der Waals surface area contributed by atoms with Gasteiger partial charge in [-0.3, -0.25) is 0 Å². The summed E-state index contributed by atoms with van der Waals surface area (Å²) >= 11 is 0. The lowest BCUT2D eigenvalue weighted by Gasteiger charge is -2.30. The van der Waals surface area contributed by atoms with Gasteiger partial charge in [0.05, 0.1) is 0 Å². The fourth-order valence-electron chi connectivity index (χ4n) is 13.1. The molecule has 0 heterocycles. The molecule has 1 aliphatic carbocycles. The second kappa shape index (κ2) is 34.9. The van der Waals surface area contributed by atoms with Crippen LogP contribution in [-0.4, -0.2) is 39.3 Å². The molecule has 1 aliphatic rings. The Kier molecular flexibility index (Phi) is 25.0. The van der Waals surface area contributed by atoms with Crippen LogP contribution in [0.4, 0.5) is 51.2 Å². The number of benzene rings is 10. The highest BCUT2D eigenvalue weighted by Crippen LogP contribution is 2.41. The number of fused-ring (bicyclic) bond motifs is 1. The van der Waals surface area contributed by atoms with Crippen molar-refractivity contribution in [2.24, 2.45) is 0 Å². The van der Waals surface area contributed by atoms with E-state index in [-0.39, 0.29) is 0 Å². The minimum absolute atomic E-state index is 0.998. The molecule has 492 valence electrons. The molecule has 0 N–H and O–H groups in total. The van der Waals surface area contributed by atoms with Gasteiger partial charge >= 0.3 is 0 Å². The maximum atomic E-state index is 2.45. The van der Waals surface area contributed by atoms with Crippen LogP contribution in [0.2, 0.25) is 0 Å². The topological polar surface area (TPSA) is 16.2 Å². The van der Waals surface area contributed by atoms with Crippen molar-refractivity contribution in [3.63, 3.8) is 0 Å². The Hall–Kier alpha value is -10.4. The molecule has 0 saturated carbocycles. The van der Waals surface area contributed by atoms with Gasteiger partial charge in [0, 0.05) is 102 Å². The third kappa shape index (κ3) is 18.4. The maximum absolute atomic E-state index is 2.45. The predicted molar refractivity (Wildman–Crippen MR) is 428 cm³/mol. The molecule has 10 aromatic rings. The van der Waals surface area contributed by atoms with Crippen LogP contribution < -0.4 is 24.5 Å². The van der Waals surface area contributed by atoms with Crippen molar-refractivity contribution in [1.29, 1.82) is 0 Å². The molecule has 5 nitrogen and oxygen atoms in total. The number of anilines is 9. The van der Waals surface area contributed by atoms with Gasteiger partial charge in [0.25, 0.3) is 0 Å². The first-order chi connectivity index (χ1) is 47.5. The Morgan fingerprint density at radius 3 is 1.15 bits per heavy atom. The summed E-state index contributed by atoms with van der Waals surface area (Å²) in [6.07, 6.45) is 26.8. The average Bonchev–Trinajstić information content (AvgIpc) is 0.792. The molecule has 5 heteroatoms. The molecule has 0 fully saturated rings. The van der Waals surface area contributed by atoms with E-state index in [4.69, 9.17) is 0 Å². The molecule has 10 aromatic carbocycles. The van der Waals surface area contributed by atoms with Gasteiger partial charge < -0.3 is 24.5 Å². The van der Waals surface area contributed by atoms with E-state index in [1.54, 1.807) is 0 Å². The first-order valence-corrected chi connectivity index (χ1v) is 35.3. The summed E-state index contributed by atoms with van der Waals surface area (Å²) in [5.74, 6) is 0. The molecule has 0 aromatic heterocycles. The van der Waals surface area contributed by atoms with Crippen molar-refractivity contribution >= 4 is 98.8 Å². The van der Waals surface area contributed by atoms with Crippen LogP contribution in [0.3, 0.4) is 0 Å². The van der Waals surface area contributed by atoms with Crippen molar-refractivity contribution in [2.45, 2.75) is 94.9 Å². The second-order valence-electron chi connectivity index (χ2n) is 25.1. The van der Waals surface area contributed by atoms with Crippen LogP contribution in [-0.2, 0) is 12.8 Å². The minimum Gasteiger partial charge on any atom is -0.372 e. The van der Waals surface area contributed by atoms with E-state index in [1.165, 1.54) is 125 Å². The van der Waals surface area contributed by atoms with Gasteiger partial charge in [-0.15, -0.1) is 0 Å². The number of nitrogens with zero attached hydrogens (tertiary/aromatic N) is 5. The summed E-state index contributed by atoms with van der Waals surface area (Å²) in [6.45, 7) is 28.0. The molecule has 11 rings (SSSR count). The molecule has 0 aliphatic heterocycles.